The summed E-state index contributed by atoms with van der Waals surface area (Å²) in [6.07, 6.45) is 5.96. The first-order chi connectivity index (χ1) is 9.72. The molecule has 106 valence electrons. The van der Waals surface area contributed by atoms with E-state index in [0.717, 1.165) is 13.0 Å². The molecular weight excluding hydrogens is 248 g/mol. The van der Waals surface area contributed by atoms with Crippen molar-refractivity contribution in [3.05, 3.63) is 70.1 Å². The van der Waals surface area contributed by atoms with Gasteiger partial charge in [0.2, 0.25) is 0 Å². The molecule has 0 radical (unpaired) electrons. The number of pyridine rings is 1. The Balaban J connectivity index is 2.11. The fourth-order valence-corrected chi connectivity index (χ4v) is 2.34. The molecule has 0 aliphatic heterocycles. The van der Waals surface area contributed by atoms with Gasteiger partial charge in [-0.15, -0.1) is 0 Å². The van der Waals surface area contributed by atoms with Gasteiger partial charge in [-0.1, -0.05) is 37.6 Å². The van der Waals surface area contributed by atoms with Gasteiger partial charge in [-0.2, -0.15) is 0 Å². The molecule has 0 saturated carbocycles. The molecule has 1 atom stereocenters. The minimum Gasteiger partial charge on any atom is -0.352 e. The normalized spacial score (nSPS) is 12.3. The van der Waals surface area contributed by atoms with Crippen LogP contribution in [0.15, 0.2) is 53.6 Å². The van der Waals surface area contributed by atoms with Gasteiger partial charge in [0.1, 0.15) is 0 Å². The van der Waals surface area contributed by atoms with Crippen molar-refractivity contribution < 1.29 is 0 Å². The van der Waals surface area contributed by atoms with Crippen molar-refractivity contribution in [3.8, 4) is 0 Å². The van der Waals surface area contributed by atoms with E-state index in [9.17, 15) is 4.79 Å². The molecule has 3 heteroatoms. The van der Waals surface area contributed by atoms with E-state index in [1.54, 1.807) is 12.1 Å². The van der Waals surface area contributed by atoms with Crippen LogP contribution in [0.1, 0.15) is 30.5 Å². The van der Waals surface area contributed by atoms with Crippen LogP contribution in [-0.2, 0) is 13.0 Å². The van der Waals surface area contributed by atoms with Crippen molar-refractivity contribution in [2.24, 2.45) is 0 Å². The molecule has 1 aromatic carbocycles. The van der Waals surface area contributed by atoms with Gasteiger partial charge in [0, 0.05) is 37.1 Å². The molecule has 1 unspecified atom stereocenters. The van der Waals surface area contributed by atoms with Crippen LogP contribution >= 0.6 is 0 Å². The molecule has 0 saturated heterocycles. The summed E-state index contributed by atoms with van der Waals surface area (Å²) in [5.41, 5.74) is 2.70. The minimum atomic E-state index is 0.0474. The number of nitrogens with one attached hydrogen (secondary N) is 1. The molecule has 2 rings (SSSR count). The number of benzene rings is 1. The third kappa shape index (κ3) is 3.81. The monoisotopic (exact) mass is 270 g/mol. The van der Waals surface area contributed by atoms with Crippen LogP contribution in [0.25, 0.3) is 0 Å². The SMILES string of the molecule is CCCc1ccc(C(Cn2ccc(=O)cc2)NC)cc1. The third-order valence-electron chi connectivity index (χ3n) is 3.52. The van der Waals surface area contributed by atoms with Crippen molar-refractivity contribution >= 4 is 0 Å². The molecule has 3 nitrogen and oxygen atoms in total. The Hall–Kier alpha value is -1.87. The Morgan fingerprint density at radius 3 is 2.30 bits per heavy atom. The fraction of sp³-hybridized carbons (Fsp3) is 0.353. The van der Waals surface area contributed by atoms with E-state index in [1.165, 1.54) is 17.5 Å². The number of nitrogens with zero attached hydrogens (tertiary/aromatic N) is 1. The van der Waals surface area contributed by atoms with Gasteiger partial charge in [0.15, 0.2) is 5.43 Å². The van der Waals surface area contributed by atoms with E-state index in [0.29, 0.717) is 0 Å². The Morgan fingerprint density at radius 1 is 1.10 bits per heavy atom. The van der Waals surface area contributed by atoms with Crippen molar-refractivity contribution in [1.29, 1.82) is 0 Å². The molecule has 0 aliphatic rings. The van der Waals surface area contributed by atoms with Gasteiger partial charge in [-0.05, 0) is 24.6 Å². The van der Waals surface area contributed by atoms with E-state index >= 15 is 0 Å². The Kier molecular flexibility index (Phi) is 5.13. The molecule has 20 heavy (non-hydrogen) atoms. The lowest BCUT2D eigenvalue weighted by molar-refractivity contribution is 0.498. The second-order valence-corrected chi connectivity index (χ2v) is 5.06. The zero-order valence-corrected chi connectivity index (χ0v) is 12.2. The predicted octanol–water partition coefficient (Wildman–Crippen LogP) is 2.76. The summed E-state index contributed by atoms with van der Waals surface area (Å²) in [6, 6.07) is 12.2. The van der Waals surface area contributed by atoms with Crippen LogP contribution in [0.5, 0.6) is 0 Å². The Bertz CT molecular complexity index is 566. The molecule has 1 aromatic heterocycles. The van der Waals surface area contributed by atoms with Gasteiger partial charge in [-0.3, -0.25) is 4.79 Å². The first-order valence-corrected chi connectivity index (χ1v) is 7.15. The van der Waals surface area contributed by atoms with Crippen LogP contribution < -0.4 is 10.7 Å². The Labute approximate surface area is 120 Å². The molecular formula is C17H22N2O. The van der Waals surface area contributed by atoms with Crippen molar-refractivity contribution in [2.45, 2.75) is 32.4 Å². The van der Waals surface area contributed by atoms with Crippen LogP contribution in [0.3, 0.4) is 0 Å². The average molecular weight is 270 g/mol. The molecule has 0 bridgehead atoms. The van der Waals surface area contributed by atoms with Gasteiger partial charge in [0.25, 0.3) is 0 Å². The smallest absolute Gasteiger partial charge is 0.181 e. The highest BCUT2D eigenvalue weighted by Crippen LogP contribution is 2.16. The highest BCUT2D eigenvalue weighted by Gasteiger charge is 2.09. The molecule has 0 fully saturated rings. The summed E-state index contributed by atoms with van der Waals surface area (Å²) in [4.78, 5) is 11.1. The van der Waals surface area contributed by atoms with Crippen LogP contribution in [0.4, 0.5) is 0 Å². The van der Waals surface area contributed by atoms with Crippen LogP contribution in [0.2, 0.25) is 0 Å². The summed E-state index contributed by atoms with van der Waals surface area (Å²) >= 11 is 0. The summed E-state index contributed by atoms with van der Waals surface area (Å²) in [5.74, 6) is 0. The predicted molar refractivity (Wildman–Crippen MR) is 82.9 cm³/mol. The van der Waals surface area contributed by atoms with Gasteiger partial charge in [-0.25, -0.2) is 0 Å². The van der Waals surface area contributed by atoms with Crippen LogP contribution in [-0.4, -0.2) is 11.6 Å². The fourth-order valence-electron chi connectivity index (χ4n) is 2.34. The summed E-state index contributed by atoms with van der Waals surface area (Å²) < 4.78 is 2.03. The molecule has 0 spiro atoms. The van der Waals surface area contributed by atoms with Crippen molar-refractivity contribution in [1.82, 2.24) is 9.88 Å². The second kappa shape index (κ2) is 7.06. The number of aromatic nitrogens is 1. The highest BCUT2D eigenvalue weighted by molar-refractivity contribution is 5.25. The second-order valence-electron chi connectivity index (χ2n) is 5.06. The largest absolute Gasteiger partial charge is 0.352 e. The van der Waals surface area contributed by atoms with E-state index in [2.05, 4.69) is 36.5 Å². The Morgan fingerprint density at radius 2 is 1.75 bits per heavy atom. The molecule has 0 aliphatic carbocycles. The molecule has 1 heterocycles. The lowest BCUT2D eigenvalue weighted by Crippen LogP contribution is -2.22. The van der Waals surface area contributed by atoms with E-state index in [1.807, 2.05) is 24.0 Å². The number of likely N-dealkylation sites (N-methyl/N-ethyl adjacent to an activating group) is 1. The average Bonchev–Trinajstić information content (AvgIpc) is 2.48. The zero-order chi connectivity index (χ0) is 14.4. The van der Waals surface area contributed by atoms with Gasteiger partial charge >= 0.3 is 0 Å². The van der Waals surface area contributed by atoms with Gasteiger partial charge in [0.05, 0.1) is 0 Å². The highest BCUT2D eigenvalue weighted by atomic mass is 16.1. The van der Waals surface area contributed by atoms with E-state index < -0.39 is 0 Å². The number of aryl methyl sites for hydroxylation is 1. The maximum Gasteiger partial charge on any atom is 0.181 e. The molecule has 2 aromatic rings. The topological polar surface area (TPSA) is 34.0 Å². The van der Waals surface area contributed by atoms with E-state index in [-0.39, 0.29) is 11.5 Å². The third-order valence-corrected chi connectivity index (χ3v) is 3.52. The number of rotatable bonds is 6. The van der Waals surface area contributed by atoms with Crippen molar-refractivity contribution in [3.63, 3.8) is 0 Å². The summed E-state index contributed by atoms with van der Waals surface area (Å²) in [7, 11) is 1.97. The van der Waals surface area contributed by atoms with Crippen LogP contribution in [0, 0.1) is 0 Å². The standard InChI is InChI=1S/C17H22N2O/c1-3-4-14-5-7-15(8-6-14)17(18-2)13-19-11-9-16(20)10-12-19/h5-12,17-18H,3-4,13H2,1-2H3. The lowest BCUT2D eigenvalue weighted by atomic mass is 10.0. The summed E-state index contributed by atoms with van der Waals surface area (Å²) in [5, 5.41) is 3.33. The van der Waals surface area contributed by atoms with Gasteiger partial charge < -0.3 is 9.88 Å². The summed E-state index contributed by atoms with van der Waals surface area (Å²) in [6.45, 7) is 3.00. The number of hydrogen-bond donors (Lipinski definition) is 1. The quantitative estimate of drug-likeness (QED) is 0.875. The van der Waals surface area contributed by atoms with Crippen molar-refractivity contribution in [2.75, 3.05) is 7.05 Å². The number of hydrogen-bond acceptors (Lipinski definition) is 2. The first-order valence-electron chi connectivity index (χ1n) is 7.15. The lowest BCUT2D eigenvalue weighted by Gasteiger charge is -2.18. The minimum absolute atomic E-state index is 0.0474. The van der Waals surface area contributed by atoms with E-state index in [4.69, 9.17) is 0 Å². The molecule has 1 N–H and O–H groups in total. The molecule has 0 amide bonds. The first kappa shape index (κ1) is 14.5. The maximum atomic E-state index is 11.1. The zero-order valence-electron chi connectivity index (χ0n) is 12.2. The maximum absolute atomic E-state index is 11.1.